The van der Waals surface area contributed by atoms with Crippen molar-refractivity contribution in [3.05, 3.63) is 23.5 Å². The second-order valence-electron chi connectivity index (χ2n) is 5.14. The van der Waals surface area contributed by atoms with Crippen LogP contribution in [-0.2, 0) is 0 Å². The van der Waals surface area contributed by atoms with Gasteiger partial charge < -0.3 is 4.90 Å². The third kappa shape index (κ3) is 2.11. The molecule has 0 aromatic heterocycles. The molecule has 1 heteroatoms. The summed E-state index contributed by atoms with van der Waals surface area (Å²) in [6.45, 7) is 8.85. The Balaban J connectivity index is 2.30. The molecule has 0 fully saturated rings. The maximum absolute atomic E-state index is 4.27. The molecule has 0 N–H and O–H groups in total. The van der Waals surface area contributed by atoms with E-state index in [1.165, 1.54) is 50.6 Å². The second kappa shape index (κ2) is 4.42. The predicted molar refractivity (Wildman–Crippen MR) is 65.5 cm³/mol. The molecular formula is C14H23N. The molecule has 0 spiro atoms. The molecular weight excluding hydrogens is 182 g/mol. The quantitative estimate of drug-likeness (QED) is 0.619. The molecule has 0 radical (unpaired) electrons. The van der Waals surface area contributed by atoms with Crippen LogP contribution in [0.15, 0.2) is 23.5 Å². The lowest BCUT2D eigenvalue weighted by atomic mass is 10.0. The van der Waals surface area contributed by atoms with Crippen LogP contribution in [0.4, 0.5) is 0 Å². The first-order valence-electron chi connectivity index (χ1n) is 6.38. The van der Waals surface area contributed by atoms with Crippen molar-refractivity contribution in [2.24, 2.45) is 0 Å². The second-order valence-corrected chi connectivity index (χ2v) is 5.14. The minimum absolute atomic E-state index is 0.582. The zero-order chi connectivity index (χ0) is 10.8. The van der Waals surface area contributed by atoms with E-state index >= 15 is 0 Å². The molecule has 15 heavy (non-hydrogen) atoms. The summed E-state index contributed by atoms with van der Waals surface area (Å²) in [7, 11) is 0. The van der Waals surface area contributed by atoms with Crippen molar-refractivity contribution in [2.75, 3.05) is 0 Å². The van der Waals surface area contributed by atoms with Crippen molar-refractivity contribution in [1.29, 1.82) is 0 Å². The van der Waals surface area contributed by atoms with Gasteiger partial charge >= 0.3 is 0 Å². The topological polar surface area (TPSA) is 3.24 Å². The molecule has 0 saturated carbocycles. The highest BCUT2D eigenvalue weighted by Crippen LogP contribution is 2.37. The van der Waals surface area contributed by atoms with Gasteiger partial charge in [0, 0.05) is 17.4 Å². The molecule has 0 unspecified atom stereocenters. The van der Waals surface area contributed by atoms with Crippen molar-refractivity contribution in [3.63, 3.8) is 0 Å². The summed E-state index contributed by atoms with van der Waals surface area (Å²) in [4.78, 5) is 2.52. The Kier molecular flexibility index (Phi) is 3.18. The van der Waals surface area contributed by atoms with E-state index < -0.39 is 0 Å². The Bertz CT molecular complexity index is 286. The fraction of sp³-hybridized carbons (Fsp3) is 0.714. The van der Waals surface area contributed by atoms with Crippen LogP contribution in [-0.4, -0.2) is 10.9 Å². The van der Waals surface area contributed by atoms with E-state index in [1.807, 2.05) is 0 Å². The fourth-order valence-electron chi connectivity index (χ4n) is 3.01. The van der Waals surface area contributed by atoms with E-state index in [0.717, 1.165) is 0 Å². The van der Waals surface area contributed by atoms with Gasteiger partial charge in [0.15, 0.2) is 0 Å². The summed E-state index contributed by atoms with van der Waals surface area (Å²) in [5, 5.41) is 0. The molecule has 0 amide bonds. The standard InChI is InChI=1S/C14H23N/c1-11(2)15-12(3)7-4-5-8-13-9-6-10-14(13)15/h11H,3-10H2,1-2H3. The Morgan fingerprint density at radius 2 is 1.67 bits per heavy atom. The van der Waals surface area contributed by atoms with Crippen LogP contribution in [0.5, 0.6) is 0 Å². The molecule has 84 valence electrons. The van der Waals surface area contributed by atoms with Gasteiger partial charge in [-0.1, -0.05) is 12.2 Å². The molecule has 2 aliphatic rings. The van der Waals surface area contributed by atoms with Gasteiger partial charge in [-0.15, -0.1) is 0 Å². The van der Waals surface area contributed by atoms with Crippen LogP contribution < -0.4 is 0 Å². The van der Waals surface area contributed by atoms with Gasteiger partial charge in [-0.25, -0.2) is 0 Å². The highest BCUT2D eigenvalue weighted by Gasteiger charge is 2.24. The Morgan fingerprint density at radius 3 is 2.40 bits per heavy atom. The molecule has 1 aliphatic heterocycles. The van der Waals surface area contributed by atoms with Gasteiger partial charge in [0.2, 0.25) is 0 Å². The number of hydrogen-bond donors (Lipinski definition) is 0. The van der Waals surface area contributed by atoms with Crippen molar-refractivity contribution in [2.45, 2.75) is 64.8 Å². The van der Waals surface area contributed by atoms with E-state index in [-0.39, 0.29) is 0 Å². The summed E-state index contributed by atoms with van der Waals surface area (Å²) in [5.74, 6) is 0. The number of hydrogen-bond acceptors (Lipinski definition) is 1. The first-order valence-corrected chi connectivity index (χ1v) is 6.38. The van der Waals surface area contributed by atoms with E-state index in [4.69, 9.17) is 0 Å². The number of nitrogens with zero attached hydrogens (tertiary/aromatic N) is 1. The summed E-state index contributed by atoms with van der Waals surface area (Å²) in [5.41, 5.74) is 4.69. The van der Waals surface area contributed by atoms with Crippen LogP contribution in [0.25, 0.3) is 0 Å². The summed E-state index contributed by atoms with van der Waals surface area (Å²) in [6.07, 6.45) is 9.20. The highest BCUT2D eigenvalue weighted by atomic mass is 15.2. The van der Waals surface area contributed by atoms with Crippen LogP contribution in [0.1, 0.15) is 58.8 Å². The highest BCUT2D eigenvalue weighted by molar-refractivity contribution is 5.24. The zero-order valence-electron chi connectivity index (χ0n) is 10.2. The lowest BCUT2D eigenvalue weighted by Crippen LogP contribution is -2.29. The molecule has 1 aliphatic carbocycles. The largest absolute Gasteiger partial charge is 0.347 e. The van der Waals surface area contributed by atoms with Crippen LogP contribution in [0, 0.1) is 0 Å². The van der Waals surface area contributed by atoms with Crippen LogP contribution in [0.3, 0.4) is 0 Å². The van der Waals surface area contributed by atoms with Crippen LogP contribution >= 0.6 is 0 Å². The van der Waals surface area contributed by atoms with Gasteiger partial charge in [0.1, 0.15) is 0 Å². The van der Waals surface area contributed by atoms with E-state index in [9.17, 15) is 0 Å². The maximum Gasteiger partial charge on any atom is 0.0279 e. The molecule has 0 saturated heterocycles. The van der Waals surface area contributed by atoms with Crippen molar-refractivity contribution < 1.29 is 0 Å². The van der Waals surface area contributed by atoms with Gasteiger partial charge in [0.25, 0.3) is 0 Å². The summed E-state index contributed by atoms with van der Waals surface area (Å²) >= 11 is 0. The van der Waals surface area contributed by atoms with Gasteiger partial charge in [0.05, 0.1) is 0 Å². The van der Waals surface area contributed by atoms with Gasteiger partial charge in [-0.2, -0.15) is 0 Å². The monoisotopic (exact) mass is 205 g/mol. The summed E-state index contributed by atoms with van der Waals surface area (Å²) < 4.78 is 0. The van der Waals surface area contributed by atoms with Crippen LogP contribution in [0.2, 0.25) is 0 Å². The summed E-state index contributed by atoms with van der Waals surface area (Å²) in [6, 6.07) is 0.582. The zero-order valence-corrected chi connectivity index (χ0v) is 10.2. The molecule has 0 atom stereocenters. The maximum atomic E-state index is 4.27. The molecule has 2 rings (SSSR count). The Hall–Kier alpha value is -0.720. The lowest BCUT2D eigenvalue weighted by molar-refractivity contribution is 0.325. The molecule has 1 nitrogen and oxygen atoms in total. The van der Waals surface area contributed by atoms with Gasteiger partial charge in [-0.3, -0.25) is 0 Å². The van der Waals surface area contributed by atoms with Crippen molar-refractivity contribution in [3.8, 4) is 0 Å². The minimum atomic E-state index is 0.582. The van der Waals surface area contributed by atoms with Gasteiger partial charge in [-0.05, 0) is 58.8 Å². The number of allylic oxidation sites excluding steroid dienone is 3. The van der Waals surface area contributed by atoms with E-state index in [2.05, 4.69) is 25.3 Å². The Morgan fingerprint density at radius 1 is 1.00 bits per heavy atom. The lowest BCUT2D eigenvalue weighted by Gasteiger charge is -2.34. The smallest absolute Gasteiger partial charge is 0.0279 e. The first-order chi connectivity index (χ1) is 7.20. The molecule has 0 aromatic rings. The average Bonchev–Trinajstić information content (AvgIpc) is 2.57. The third-order valence-corrected chi connectivity index (χ3v) is 3.64. The van der Waals surface area contributed by atoms with Crippen molar-refractivity contribution in [1.82, 2.24) is 4.90 Å². The molecule has 0 bridgehead atoms. The van der Waals surface area contributed by atoms with Crippen molar-refractivity contribution >= 4 is 0 Å². The SMILES string of the molecule is C=C1CCCCC2=C(CCC2)N1C(C)C. The first kappa shape index (κ1) is 10.8. The van der Waals surface area contributed by atoms with E-state index in [0.29, 0.717) is 6.04 Å². The average molecular weight is 205 g/mol. The molecule has 1 heterocycles. The molecule has 0 aromatic carbocycles. The Labute approximate surface area is 93.9 Å². The van der Waals surface area contributed by atoms with E-state index in [1.54, 1.807) is 11.3 Å². The normalized spacial score (nSPS) is 23.1. The third-order valence-electron chi connectivity index (χ3n) is 3.64. The fourth-order valence-corrected chi connectivity index (χ4v) is 3.01. The minimum Gasteiger partial charge on any atom is -0.347 e. The number of rotatable bonds is 1. The predicted octanol–water partition coefficient (Wildman–Crippen LogP) is 4.22.